The lowest BCUT2D eigenvalue weighted by Gasteiger charge is -2.27. The van der Waals surface area contributed by atoms with E-state index in [0.29, 0.717) is 11.3 Å². The van der Waals surface area contributed by atoms with E-state index in [4.69, 9.17) is 4.42 Å². The molecule has 0 bridgehead atoms. The molecule has 2 aromatic carbocycles. The van der Waals surface area contributed by atoms with Crippen LogP contribution >= 0.6 is 15.9 Å². The van der Waals surface area contributed by atoms with Crippen LogP contribution in [0.5, 0.6) is 5.75 Å². The highest BCUT2D eigenvalue weighted by Crippen LogP contribution is 2.39. The first kappa shape index (κ1) is 22.1. The summed E-state index contributed by atoms with van der Waals surface area (Å²) in [6.45, 7) is 12.3. The molecule has 158 valence electrons. The predicted molar refractivity (Wildman–Crippen MR) is 124 cm³/mol. The third-order valence-corrected chi connectivity index (χ3v) is 5.32. The summed E-state index contributed by atoms with van der Waals surface area (Å²) in [5.41, 5.74) is 5.16. The quantitative estimate of drug-likeness (QED) is 0.350. The molecule has 0 atom stereocenters. The Bertz CT molecular complexity index is 1100. The second-order valence-electron chi connectivity index (χ2n) is 9.46. The number of fused-ring (bicyclic) bond motifs is 1. The molecule has 1 aromatic heterocycles. The molecule has 5 nitrogen and oxygen atoms in total. The molecule has 0 spiro atoms. The number of hydrazone groups is 1. The van der Waals surface area contributed by atoms with Crippen molar-refractivity contribution in [1.29, 1.82) is 0 Å². The van der Waals surface area contributed by atoms with Gasteiger partial charge in [-0.3, -0.25) is 4.79 Å². The summed E-state index contributed by atoms with van der Waals surface area (Å²) >= 11 is 3.41. The smallest absolute Gasteiger partial charge is 0.307 e. The molecule has 0 aliphatic heterocycles. The normalized spacial score (nSPS) is 12.6. The number of phenols is 1. The van der Waals surface area contributed by atoms with Crippen molar-refractivity contribution < 1.29 is 14.3 Å². The number of amides is 1. The Kier molecular flexibility index (Phi) is 5.83. The number of aromatic hydroxyl groups is 1. The highest BCUT2D eigenvalue weighted by molar-refractivity contribution is 9.10. The van der Waals surface area contributed by atoms with Crippen LogP contribution in [0.4, 0.5) is 0 Å². The van der Waals surface area contributed by atoms with Gasteiger partial charge in [-0.15, -0.1) is 0 Å². The molecule has 0 aliphatic carbocycles. The van der Waals surface area contributed by atoms with Crippen LogP contribution in [0.2, 0.25) is 0 Å². The molecule has 0 fully saturated rings. The van der Waals surface area contributed by atoms with Crippen molar-refractivity contribution in [2.45, 2.75) is 52.4 Å². The zero-order chi connectivity index (χ0) is 22.3. The van der Waals surface area contributed by atoms with E-state index in [1.54, 1.807) is 18.3 Å². The number of hydrogen-bond acceptors (Lipinski definition) is 4. The summed E-state index contributed by atoms with van der Waals surface area (Å²) in [6, 6.07) is 11.0. The minimum atomic E-state index is -0.426. The Morgan fingerprint density at radius 2 is 1.63 bits per heavy atom. The van der Waals surface area contributed by atoms with E-state index in [2.05, 4.69) is 68.0 Å². The van der Waals surface area contributed by atoms with Crippen LogP contribution < -0.4 is 5.43 Å². The Balaban J connectivity index is 1.86. The molecule has 1 amide bonds. The maximum Gasteiger partial charge on any atom is 0.307 e. The van der Waals surface area contributed by atoms with Gasteiger partial charge in [-0.1, -0.05) is 57.5 Å². The number of nitrogens with one attached hydrogen (secondary N) is 1. The zero-order valence-electron chi connectivity index (χ0n) is 18.1. The standard InChI is InChI=1S/C24H27BrN2O3/c1-23(2,3)17-9-14(10-18(21(17)28)24(4,5)6)13-26-27-22(29)20-12-15-11-16(25)7-8-19(15)30-20/h7-13,28H,1-6H3,(H,27,29). The second-order valence-corrected chi connectivity index (χ2v) is 10.4. The number of carbonyl (C=O) groups excluding carboxylic acids is 1. The molecule has 0 unspecified atom stereocenters. The van der Waals surface area contributed by atoms with Gasteiger partial charge in [-0.25, -0.2) is 5.43 Å². The monoisotopic (exact) mass is 470 g/mol. The molecule has 0 radical (unpaired) electrons. The molecule has 1 heterocycles. The lowest BCUT2D eigenvalue weighted by atomic mass is 9.78. The summed E-state index contributed by atoms with van der Waals surface area (Å²) < 4.78 is 6.51. The van der Waals surface area contributed by atoms with Gasteiger partial charge in [0.15, 0.2) is 5.76 Å². The maximum absolute atomic E-state index is 12.4. The van der Waals surface area contributed by atoms with Crippen LogP contribution in [-0.4, -0.2) is 17.2 Å². The number of hydrogen-bond donors (Lipinski definition) is 2. The summed E-state index contributed by atoms with van der Waals surface area (Å²) in [6.07, 6.45) is 1.58. The van der Waals surface area contributed by atoms with Gasteiger partial charge in [-0.2, -0.15) is 5.10 Å². The summed E-state index contributed by atoms with van der Waals surface area (Å²) in [7, 11) is 0. The van der Waals surface area contributed by atoms with Gasteiger partial charge in [0.2, 0.25) is 0 Å². The van der Waals surface area contributed by atoms with Crippen LogP contribution in [0, 0.1) is 0 Å². The lowest BCUT2D eigenvalue weighted by Crippen LogP contribution is -2.19. The number of carbonyl (C=O) groups is 1. The SMILES string of the molecule is CC(C)(C)c1cc(C=NNC(=O)c2cc3cc(Br)ccc3o2)cc(C(C)(C)C)c1O. The maximum atomic E-state index is 12.4. The molecular formula is C24H27BrN2O3. The molecule has 30 heavy (non-hydrogen) atoms. The van der Waals surface area contributed by atoms with Crippen LogP contribution in [0.25, 0.3) is 11.0 Å². The summed E-state index contributed by atoms with van der Waals surface area (Å²) in [4.78, 5) is 12.4. The van der Waals surface area contributed by atoms with Gasteiger partial charge in [0, 0.05) is 21.0 Å². The average molecular weight is 471 g/mol. The molecule has 2 N–H and O–H groups in total. The predicted octanol–water partition coefficient (Wildman–Crippen LogP) is 6.26. The van der Waals surface area contributed by atoms with Crippen molar-refractivity contribution in [3.8, 4) is 5.75 Å². The molecule has 6 heteroatoms. The third-order valence-electron chi connectivity index (χ3n) is 4.83. The molecule has 3 aromatic rings. The summed E-state index contributed by atoms with van der Waals surface area (Å²) in [5, 5.41) is 15.7. The van der Waals surface area contributed by atoms with Crippen molar-refractivity contribution in [2.75, 3.05) is 0 Å². The van der Waals surface area contributed by atoms with Gasteiger partial charge in [0.25, 0.3) is 0 Å². The minimum absolute atomic E-state index is 0.191. The largest absolute Gasteiger partial charge is 0.507 e. The van der Waals surface area contributed by atoms with Gasteiger partial charge in [0.05, 0.1) is 6.21 Å². The van der Waals surface area contributed by atoms with Gasteiger partial charge < -0.3 is 9.52 Å². The first-order valence-corrected chi connectivity index (χ1v) is 10.6. The van der Waals surface area contributed by atoms with Gasteiger partial charge in [-0.05, 0) is 52.8 Å². The van der Waals surface area contributed by atoms with E-state index < -0.39 is 5.91 Å². The molecule has 0 saturated carbocycles. The van der Waals surface area contributed by atoms with Crippen LogP contribution in [0.3, 0.4) is 0 Å². The second kappa shape index (κ2) is 7.91. The van der Waals surface area contributed by atoms with E-state index in [1.165, 1.54) is 0 Å². The van der Waals surface area contributed by atoms with Crippen LogP contribution in [-0.2, 0) is 10.8 Å². The van der Waals surface area contributed by atoms with Crippen molar-refractivity contribution in [3.63, 3.8) is 0 Å². The van der Waals surface area contributed by atoms with Crippen LogP contribution in [0.1, 0.15) is 68.8 Å². The van der Waals surface area contributed by atoms with Crippen molar-refractivity contribution in [3.05, 3.63) is 63.3 Å². The first-order valence-electron chi connectivity index (χ1n) is 9.77. The number of phenolic OH excluding ortho intramolecular Hbond substituents is 1. The number of rotatable bonds is 3. The van der Waals surface area contributed by atoms with E-state index in [0.717, 1.165) is 26.5 Å². The van der Waals surface area contributed by atoms with E-state index in [9.17, 15) is 9.90 Å². The van der Waals surface area contributed by atoms with E-state index in [1.807, 2.05) is 24.3 Å². The Morgan fingerprint density at radius 3 is 2.20 bits per heavy atom. The molecule has 3 rings (SSSR count). The Labute approximate surface area is 185 Å². The fourth-order valence-electron chi connectivity index (χ4n) is 3.22. The first-order chi connectivity index (χ1) is 13.9. The number of furan rings is 1. The third kappa shape index (κ3) is 4.75. The van der Waals surface area contributed by atoms with Crippen LogP contribution in [0.15, 0.2) is 50.4 Å². The number of halogens is 1. The van der Waals surface area contributed by atoms with E-state index in [-0.39, 0.29) is 16.6 Å². The van der Waals surface area contributed by atoms with Crippen molar-refractivity contribution >= 4 is 39.0 Å². The highest BCUT2D eigenvalue weighted by atomic mass is 79.9. The molecule has 0 aliphatic rings. The Morgan fingerprint density at radius 1 is 1.03 bits per heavy atom. The number of nitrogens with zero attached hydrogens (tertiary/aromatic N) is 1. The van der Waals surface area contributed by atoms with Crippen molar-refractivity contribution in [1.82, 2.24) is 5.43 Å². The molecular weight excluding hydrogens is 444 g/mol. The highest BCUT2D eigenvalue weighted by Gasteiger charge is 2.26. The topological polar surface area (TPSA) is 74.8 Å². The zero-order valence-corrected chi connectivity index (χ0v) is 19.7. The fraction of sp³-hybridized carbons (Fsp3) is 0.333. The minimum Gasteiger partial charge on any atom is -0.507 e. The van der Waals surface area contributed by atoms with E-state index >= 15 is 0 Å². The fourth-order valence-corrected chi connectivity index (χ4v) is 3.60. The lowest BCUT2D eigenvalue weighted by molar-refractivity contribution is 0.0929. The van der Waals surface area contributed by atoms with Gasteiger partial charge >= 0.3 is 5.91 Å². The van der Waals surface area contributed by atoms with Crippen molar-refractivity contribution in [2.24, 2.45) is 5.10 Å². The molecule has 0 saturated heterocycles. The Hall–Kier alpha value is -2.60. The average Bonchev–Trinajstić information content (AvgIpc) is 3.04. The summed E-state index contributed by atoms with van der Waals surface area (Å²) in [5.74, 6) is 0.0748. The van der Waals surface area contributed by atoms with Gasteiger partial charge in [0.1, 0.15) is 11.3 Å². The number of benzene rings is 2.